The summed E-state index contributed by atoms with van der Waals surface area (Å²) >= 11 is 0. The van der Waals surface area contributed by atoms with Crippen molar-refractivity contribution in [3.05, 3.63) is 12.2 Å². The highest BCUT2D eigenvalue weighted by molar-refractivity contribution is 5.75. The van der Waals surface area contributed by atoms with Crippen LogP contribution in [0, 0.1) is 11.3 Å². The third-order valence-corrected chi connectivity index (χ3v) is 4.31. The minimum Gasteiger partial charge on any atom is -0.481 e. The average molecular weight is 316 g/mol. The summed E-state index contributed by atoms with van der Waals surface area (Å²) in [6.45, 7) is 0.500. The van der Waals surface area contributed by atoms with Crippen molar-refractivity contribution in [1.82, 2.24) is 0 Å². The molecule has 0 heterocycles. The van der Waals surface area contributed by atoms with Crippen molar-refractivity contribution in [2.24, 2.45) is 11.3 Å². The third kappa shape index (κ3) is 6.90. The van der Waals surface area contributed by atoms with Crippen molar-refractivity contribution in [2.45, 2.75) is 58.3 Å². The number of aliphatic carboxylic acids is 1. The van der Waals surface area contributed by atoms with Crippen LogP contribution in [0.15, 0.2) is 12.2 Å². The van der Waals surface area contributed by atoms with Gasteiger partial charge in [-0.3, -0.25) is 4.79 Å². The Morgan fingerprint density at radius 1 is 1.00 bits per heavy atom. The van der Waals surface area contributed by atoms with Gasteiger partial charge in [-0.1, -0.05) is 44.8 Å². The van der Waals surface area contributed by atoms with Crippen LogP contribution in [0.5, 0.6) is 0 Å². The molecule has 22 heavy (non-hydrogen) atoms. The van der Waals surface area contributed by atoms with Crippen LogP contribution in [0.2, 0.25) is 0 Å². The number of aliphatic hydroxyl groups excluding tert-OH is 3. The second-order valence-electron chi connectivity index (χ2n) is 5.91. The summed E-state index contributed by atoms with van der Waals surface area (Å²) < 4.78 is 0. The Labute approximate surface area is 133 Å². The summed E-state index contributed by atoms with van der Waals surface area (Å²) in [4.78, 5) is 11.3. The van der Waals surface area contributed by atoms with E-state index in [9.17, 15) is 25.2 Å². The predicted molar refractivity (Wildman–Crippen MR) is 86.6 cm³/mol. The van der Waals surface area contributed by atoms with E-state index < -0.39 is 30.5 Å². The smallest absolute Gasteiger partial charge is 0.314 e. The number of hydrogen-bond acceptors (Lipinski definition) is 4. The van der Waals surface area contributed by atoms with Crippen LogP contribution in [0.1, 0.15) is 58.3 Å². The van der Waals surface area contributed by atoms with E-state index in [0.29, 0.717) is 6.42 Å². The maximum atomic E-state index is 11.3. The standard InChI is InChI=1S/C17H32O5/c1-2-3-4-5-6-7-8-9-10-11-15(12-18)17(13-19,14-20)16(21)22/h5-6,15,18-20H,2-4,7-14H2,1H3,(H,21,22)/b6-5-. The molecule has 0 saturated carbocycles. The van der Waals surface area contributed by atoms with Gasteiger partial charge in [0.25, 0.3) is 0 Å². The van der Waals surface area contributed by atoms with Crippen LogP contribution in [-0.4, -0.2) is 46.2 Å². The Bertz CT molecular complexity index is 310. The van der Waals surface area contributed by atoms with Gasteiger partial charge >= 0.3 is 5.97 Å². The summed E-state index contributed by atoms with van der Waals surface area (Å²) in [5.41, 5.74) is -1.64. The van der Waals surface area contributed by atoms with Gasteiger partial charge in [0.1, 0.15) is 5.41 Å². The quantitative estimate of drug-likeness (QED) is 0.291. The van der Waals surface area contributed by atoms with Crippen molar-refractivity contribution >= 4 is 5.97 Å². The van der Waals surface area contributed by atoms with E-state index in [2.05, 4.69) is 19.1 Å². The van der Waals surface area contributed by atoms with Gasteiger partial charge < -0.3 is 20.4 Å². The van der Waals surface area contributed by atoms with E-state index in [-0.39, 0.29) is 6.61 Å². The first-order valence-corrected chi connectivity index (χ1v) is 8.30. The van der Waals surface area contributed by atoms with Crippen molar-refractivity contribution < 1.29 is 25.2 Å². The molecule has 0 aliphatic carbocycles. The number of carboxylic acid groups (broad SMARTS) is 1. The Kier molecular flexibility index (Phi) is 12.1. The molecule has 1 atom stereocenters. The number of allylic oxidation sites excluding steroid dienone is 2. The SMILES string of the molecule is CCCC/C=C\CCCCCC(CO)C(CO)(CO)C(=O)O. The third-order valence-electron chi connectivity index (χ3n) is 4.31. The highest BCUT2D eigenvalue weighted by Gasteiger charge is 2.44. The molecule has 0 bridgehead atoms. The molecule has 0 aliphatic heterocycles. The van der Waals surface area contributed by atoms with Gasteiger partial charge in [-0.05, 0) is 25.7 Å². The molecule has 0 amide bonds. The number of hydrogen-bond donors (Lipinski definition) is 4. The summed E-state index contributed by atoms with van der Waals surface area (Å²) in [6, 6.07) is 0. The van der Waals surface area contributed by atoms with Crippen LogP contribution in [0.3, 0.4) is 0 Å². The van der Waals surface area contributed by atoms with Crippen LogP contribution >= 0.6 is 0 Å². The lowest BCUT2D eigenvalue weighted by Crippen LogP contribution is -2.46. The van der Waals surface area contributed by atoms with Crippen LogP contribution < -0.4 is 0 Å². The molecule has 5 nitrogen and oxygen atoms in total. The summed E-state index contributed by atoms with van der Waals surface area (Å²) in [7, 11) is 0. The van der Waals surface area contributed by atoms with Gasteiger partial charge in [-0.25, -0.2) is 0 Å². The van der Waals surface area contributed by atoms with Crippen LogP contribution in [0.4, 0.5) is 0 Å². The minimum absolute atomic E-state index is 0.343. The molecule has 0 radical (unpaired) electrons. The lowest BCUT2D eigenvalue weighted by molar-refractivity contribution is -0.162. The lowest BCUT2D eigenvalue weighted by Gasteiger charge is -2.32. The van der Waals surface area contributed by atoms with Gasteiger partial charge in [0.05, 0.1) is 13.2 Å². The molecule has 0 saturated heterocycles. The molecule has 0 aromatic carbocycles. The predicted octanol–water partition coefficient (Wildman–Crippen LogP) is 2.35. The molecule has 4 N–H and O–H groups in total. The average Bonchev–Trinajstić information content (AvgIpc) is 2.52. The fraction of sp³-hybridized carbons (Fsp3) is 0.824. The molecule has 0 aromatic heterocycles. The maximum absolute atomic E-state index is 11.3. The van der Waals surface area contributed by atoms with Gasteiger partial charge in [0.2, 0.25) is 0 Å². The monoisotopic (exact) mass is 316 g/mol. The Balaban J connectivity index is 4.09. The Hall–Kier alpha value is -0.910. The van der Waals surface area contributed by atoms with Crippen molar-refractivity contribution in [2.75, 3.05) is 19.8 Å². The van der Waals surface area contributed by atoms with Crippen LogP contribution in [0.25, 0.3) is 0 Å². The number of aliphatic hydroxyl groups is 3. The molecule has 130 valence electrons. The second-order valence-corrected chi connectivity index (χ2v) is 5.91. The first-order chi connectivity index (χ1) is 10.6. The summed E-state index contributed by atoms with van der Waals surface area (Å²) in [5.74, 6) is -1.88. The molecule has 0 fully saturated rings. The first kappa shape index (κ1) is 21.1. The van der Waals surface area contributed by atoms with E-state index in [0.717, 1.165) is 32.1 Å². The van der Waals surface area contributed by atoms with Crippen molar-refractivity contribution in [3.8, 4) is 0 Å². The van der Waals surface area contributed by atoms with Gasteiger partial charge in [0.15, 0.2) is 0 Å². The molecular formula is C17H32O5. The molecule has 1 unspecified atom stereocenters. The molecule has 0 aromatic rings. The first-order valence-electron chi connectivity index (χ1n) is 8.30. The summed E-state index contributed by atoms with van der Waals surface area (Å²) in [6.07, 6.45) is 12.2. The zero-order chi connectivity index (χ0) is 16.8. The normalized spacial score (nSPS) is 13.6. The number of carbonyl (C=O) groups is 1. The number of carboxylic acids is 1. The topological polar surface area (TPSA) is 98.0 Å². The van der Waals surface area contributed by atoms with E-state index in [1.54, 1.807) is 0 Å². The highest BCUT2D eigenvalue weighted by Crippen LogP contribution is 2.31. The van der Waals surface area contributed by atoms with Crippen LogP contribution in [-0.2, 0) is 4.79 Å². The van der Waals surface area contributed by atoms with Gasteiger partial charge in [-0.2, -0.15) is 0 Å². The second kappa shape index (κ2) is 12.6. The van der Waals surface area contributed by atoms with Crippen molar-refractivity contribution in [1.29, 1.82) is 0 Å². The molecule has 0 spiro atoms. The van der Waals surface area contributed by atoms with E-state index in [1.807, 2.05) is 0 Å². The van der Waals surface area contributed by atoms with E-state index >= 15 is 0 Å². The van der Waals surface area contributed by atoms with E-state index in [4.69, 9.17) is 0 Å². The van der Waals surface area contributed by atoms with Crippen molar-refractivity contribution in [3.63, 3.8) is 0 Å². The number of rotatable bonds is 14. The Morgan fingerprint density at radius 2 is 1.59 bits per heavy atom. The maximum Gasteiger partial charge on any atom is 0.314 e. The van der Waals surface area contributed by atoms with Gasteiger partial charge in [0, 0.05) is 12.5 Å². The highest BCUT2D eigenvalue weighted by atomic mass is 16.4. The molecule has 0 rings (SSSR count). The Morgan fingerprint density at radius 3 is 2.05 bits per heavy atom. The minimum atomic E-state index is -1.64. The number of unbranched alkanes of at least 4 members (excludes halogenated alkanes) is 5. The summed E-state index contributed by atoms with van der Waals surface area (Å²) in [5, 5.41) is 37.3. The molecular weight excluding hydrogens is 284 g/mol. The van der Waals surface area contributed by atoms with E-state index in [1.165, 1.54) is 12.8 Å². The zero-order valence-electron chi connectivity index (χ0n) is 13.7. The molecule has 0 aliphatic rings. The van der Waals surface area contributed by atoms with Gasteiger partial charge in [-0.15, -0.1) is 0 Å². The molecule has 5 heteroatoms. The fourth-order valence-corrected chi connectivity index (χ4v) is 2.55. The zero-order valence-corrected chi connectivity index (χ0v) is 13.7. The largest absolute Gasteiger partial charge is 0.481 e. The fourth-order valence-electron chi connectivity index (χ4n) is 2.55. The lowest BCUT2D eigenvalue weighted by atomic mass is 9.74.